The second-order valence-electron chi connectivity index (χ2n) is 7.52. The molecule has 3 heteroatoms. The average molecular weight is 307 g/mol. The molecule has 2 nitrogen and oxygen atoms in total. The molecule has 0 fully saturated rings. The molecule has 0 aliphatic heterocycles. The molecule has 0 aliphatic carbocycles. The minimum atomic E-state index is -1.86. The molecule has 0 saturated heterocycles. The van der Waals surface area contributed by atoms with Gasteiger partial charge in [0.2, 0.25) is 0 Å². The van der Waals surface area contributed by atoms with Crippen LogP contribution in [-0.4, -0.2) is 20.7 Å². The summed E-state index contributed by atoms with van der Waals surface area (Å²) in [5.74, 6) is 0.243. The third kappa shape index (κ3) is 4.04. The molecule has 1 atom stereocenters. The molecule has 0 aromatic heterocycles. The van der Waals surface area contributed by atoms with Crippen LogP contribution in [0.2, 0.25) is 18.1 Å². The molecule has 0 spiro atoms. The van der Waals surface area contributed by atoms with Gasteiger partial charge in [-0.1, -0.05) is 58.0 Å². The zero-order valence-electron chi connectivity index (χ0n) is 14.6. The van der Waals surface area contributed by atoms with Gasteiger partial charge in [-0.25, -0.2) is 0 Å². The molecule has 0 radical (unpaired) electrons. The van der Waals surface area contributed by atoms with Gasteiger partial charge < -0.3 is 4.43 Å². The van der Waals surface area contributed by atoms with Crippen LogP contribution in [0.3, 0.4) is 0 Å². The van der Waals surface area contributed by atoms with E-state index in [-0.39, 0.29) is 10.8 Å². The summed E-state index contributed by atoms with van der Waals surface area (Å²) >= 11 is 0. The third-order valence-electron chi connectivity index (χ3n) is 4.88. The van der Waals surface area contributed by atoms with Crippen LogP contribution in [0, 0.1) is 0 Å². The van der Waals surface area contributed by atoms with Crippen molar-refractivity contribution in [3.63, 3.8) is 0 Å². The lowest BCUT2D eigenvalue weighted by molar-refractivity contribution is -0.124. The van der Waals surface area contributed by atoms with Gasteiger partial charge in [0.05, 0.1) is 12.0 Å². The van der Waals surface area contributed by atoms with Crippen molar-refractivity contribution in [1.29, 1.82) is 0 Å². The minimum absolute atomic E-state index is 0.153. The highest BCUT2D eigenvalue weighted by Gasteiger charge is 2.41. The summed E-state index contributed by atoms with van der Waals surface area (Å²) in [6.07, 6.45) is 0.534. The summed E-state index contributed by atoms with van der Waals surface area (Å²) in [7, 11) is -1.86. The van der Waals surface area contributed by atoms with Crippen LogP contribution >= 0.6 is 0 Å². The Balaban J connectivity index is 3.04. The zero-order valence-corrected chi connectivity index (χ0v) is 15.6. The van der Waals surface area contributed by atoms with Crippen molar-refractivity contribution >= 4 is 14.1 Å². The van der Waals surface area contributed by atoms with Crippen molar-refractivity contribution in [2.45, 2.75) is 64.6 Å². The first-order chi connectivity index (χ1) is 9.54. The predicted molar refractivity (Wildman–Crippen MR) is 92.2 cm³/mol. The van der Waals surface area contributed by atoms with Crippen molar-refractivity contribution in [1.82, 2.24) is 0 Å². The molecule has 0 amide bonds. The number of rotatable bonds is 6. The van der Waals surface area contributed by atoms with Gasteiger partial charge >= 0.3 is 0 Å². The van der Waals surface area contributed by atoms with Gasteiger partial charge in [-0.2, -0.15) is 0 Å². The molecule has 21 heavy (non-hydrogen) atoms. The lowest BCUT2D eigenvalue weighted by Crippen LogP contribution is -2.46. The van der Waals surface area contributed by atoms with E-state index in [0.717, 1.165) is 5.56 Å². The highest BCUT2D eigenvalue weighted by molar-refractivity contribution is 6.74. The molecule has 0 saturated carbocycles. The SMILES string of the molecule is CCC(=O)[C@@](C)(CO[Si](C)(C)C(C)(C)C)c1ccccc1. The molecule has 1 rings (SSSR count). The maximum absolute atomic E-state index is 12.5. The number of hydrogen-bond donors (Lipinski definition) is 0. The molecule has 0 heterocycles. The lowest BCUT2D eigenvalue weighted by atomic mass is 9.78. The van der Waals surface area contributed by atoms with E-state index in [1.165, 1.54) is 0 Å². The van der Waals surface area contributed by atoms with Crippen molar-refractivity contribution < 1.29 is 9.22 Å². The maximum atomic E-state index is 12.5. The Labute approximate surface area is 131 Å². The van der Waals surface area contributed by atoms with Crippen LogP contribution in [0.25, 0.3) is 0 Å². The largest absolute Gasteiger partial charge is 0.415 e. The van der Waals surface area contributed by atoms with E-state index >= 15 is 0 Å². The van der Waals surface area contributed by atoms with E-state index in [1.807, 2.05) is 44.2 Å². The molecule has 0 N–H and O–H groups in total. The molecule has 0 unspecified atom stereocenters. The van der Waals surface area contributed by atoms with Crippen molar-refractivity contribution in [2.75, 3.05) is 6.61 Å². The lowest BCUT2D eigenvalue weighted by Gasteiger charge is -2.39. The minimum Gasteiger partial charge on any atom is -0.415 e. The fourth-order valence-corrected chi connectivity index (χ4v) is 3.14. The molecule has 0 aliphatic rings. The van der Waals surface area contributed by atoms with Crippen LogP contribution < -0.4 is 0 Å². The molecule has 1 aromatic carbocycles. The maximum Gasteiger partial charge on any atom is 0.192 e. The standard InChI is InChI=1S/C18H30O2Si/c1-8-16(19)18(5,15-12-10-9-11-13-15)14-20-21(6,7)17(2,3)4/h9-13H,8,14H2,1-7H3/t18-/m0/s1. The second-order valence-corrected chi connectivity index (χ2v) is 12.3. The van der Waals surface area contributed by atoms with Gasteiger partial charge in [-0.3, -0.25) is 4.79 Å². The van der Waals surface area contributed by atoms with Crippen LogP contribution in [0.1, 0.15) is 46.6 Å². The Bertz CT molecular complexity index is 474. The number of Topliss-reactive ketones (excluding diaryl/α,β-unsaturated/α-hetero) is 1. The highest BCUT2D eigenvalue weighted by atomic mass is 28.4. The van der Waals surface area contributed by atoms with Crippen LogP contribution in [0.5, 0.6) is 0 Å². The summed E-state index contributed by atoms with van der Waals surface area (Å²) in [6.45, 7) is 15.5. The quantitative estimate of drug-likeness (QED) is 0.695. The molecule has 1 aromatic rings. The number of benzene rings is 1. The van der Waals surface area contributed by atoms with Crippen LogP contribution in [0.4, 0.5) is 0 Å². The molecule has 0 bridgehead atoms. The van der Waals surface area contributed by atoms with E-state index in [9.17, 15) is 4.79 Å². The highest BCUT2D eigenvalue weighted by Crippen LogP contribution is 2.38. The first kappa shape index (κ1) is 18.1. The molecular formula is C18H30O2Si. The summed E-state index contributed by atoms with van der Waals surface area (Å²) in [6, 6.07) is 10.0. The van der Waals surface area contributed by atoms with Gasteiger partial charge in [0.15, 0.2) is 8.32 Å². The van der Waals surface area contributed by atoms with Crippen LogP contribution in [0.15, 0.2) is 30.3 Å². The Morgan fingerprint density at radius 3 is 2.05 bits per heavy atom. The first-order valence-corrected chi connectivity index (χ1v) is 10.7. The zero-order chi connectivity index (χ0) is 16.3. The van der Waals surface area contributed by atoms with Gasteiger partial charge in [0.25, 0.3) is 0 Å². The Morgan fingerprint density at radius 1 is 1.10 bits per heavy atom. The Morgan fingerprint density at radius 2 is 1.62 bits per heavy atom. The Hall–Kier alpha value is -0.933. The van der Waals surface area contributed by atoms with Gasteiger partial charge in [0, 0.05) is 6.42 Å². The van der Waals surface area contributed by atoms with Gasteiger partial charge in [-0.15, -0.1) is 0 Å². The molecule has 118 valence electrons. The monoisotopic (exact) mass is 306 g/mol. The summed E-state index contributed by atoms with van der Waals surface area (Å²) in [5.41, 5.74) is 0.501. The average Bonchev–Trinajstić information content (AvgIpc) is 2.43. The summed E-state index contributed by atoms with van der Waals surface area (Å²) < 4.78 is 6.35. The normalized spacial score (nSPS) is 15.6. The summed E-state index contributed by atoms with van der Waals surface area (Å²) in [4.78, 5) is 12.5. The van der Waals surface area contributed by atoms with E-state index in [1.54, 1.807) is 0 Å². The summed E-state index contributed by atoms with van der Waals surface area (Å²) in [5, 5.41) is 0.153. The number of carbonyl (C=O) groups is 1. The van der Waals surface area contributed by atoms with Crippen molar-refractivity contribution in [3.05, 3.63) is 35.9 Å². The van der Waals surface area contributed by atoms with E-state index < -0.39 is 13.7 Å². The number of hydrogen-bond acceptors (Lipinski definition) is 2. The third-order valence-corrected chi connectivity index (χ3v) is 9.35. The molecular weight excluding hydrogens is 276 g/mol. The van der Waals surface area contributed by atoms with E-state index in [4.69, 9.17) is 4.43 Å². The van der Waals surface area contributed by atoms with E-state index in [2.05, 4.69) is 33.9 Å². The van der Waals surface area contributed by atoms with Crippen LogP contribution in [-0.2, 0) is 14.6 Å². The van der Waals surface area contributed by atoms with Gasteiger partial charge in [0.1, 0.15) is 5.78 Å². The van der Waals surface area contributed by atoms with E-state index in [0.29, 0.717) is 13.0 Å². The second kappa shape index (κ2) is 6.45. The fraction of sp³-hybridized carbons (Fsp3) is 0.611. The van der Waals surface area contributed by atoms with Gasteiger partial charge in [-0.05, 0) is 30.6 Å². The van der Waals surface area contributed by atoms with Crippen molar-refractivity contribution in [2.24, 2.45) is 0 Å². The smallest absolute Gasteiger partial charge is 0.192 e. The number of carbonyl (C=O) groups excluding carboxylic acids is 1. The predicted octanol–water partition coefficient (Wildman–Crippen LogP) is 4.95. The van der Waals surface area contributed by atoms with Crippen molar-refractivity contribution in [3.8, 4) is 0 Å². The fourth-order valence-electron chi connectivity index (χ4n) is 2.06. The first-order valence-electron chi connectivity index (χ1n) is 7.77. The number of ketones is 1. The Kier molecular flexibility index (Phi) is 5.56. The topological polar surface area (TPSA) is 26.3 Å².